The fourth-order valence-corrected chi connectivity index (χ4v) is 4.04. The summed E-state index contributed by atoms with van der Waals surface area (Å²) in [6, 6.07) is 7.78. The van der Waals surface area contributed by atoms with Crippen molar-refractivity contribution in [2.45, 2.75) is 33.1 Å². The van der Waals surface area contributed by atoms with Gasteiger partial charge in [0.05, 0.1) is 0 Å². The number of hydrogen-bond acceptors (Lipinski definition) is 2. The van der Waals surface area contributed by atoms with Crippen molar-refractivity contribution in [1.82, 2.24) is 0 Å². The maximum atomic E-state index is 9.56. The molecule has 0 heterocycles. The molecule has 108 valence electrons. The third-order valence-electron chi connectivity index (χ3n) is 4.72. The molecule has 2 nitrogen and oxygen atoms in total. The van der Waals surface area contributed by atoms with Gasteiger partial charge in [-0.15, -0.1) is 0 Å². The third-order valence-corrected chi connectivity index (χ3v) is 5.13. The van der Waals surface area contributed by atoms with Crippen LogP contribution in [0.5, 0.6) is 0 Å². The van der Waals surface area contributed by atoms with Gasteiger partial charge in [0.1, 0.15) is 0 Å². The Bertz CT molecular complexity index is 751. The number of benzene rings is 2. The molecule has 2 aromatic carbocycles. The molecule has 0 spiro atoms. The first-order chi connectivity index (χ1) is 9.76. The molecular formula is C17H18BClO2. The van der Waals surface area contributed by atoms with Crippen LogP contribution in [0.25, 0.3) is 11.1 Å². The fourth-order valence-electron chi connectivity index (χ4n) is 3.88. The molecule has 2 N–H and O–H groups in total. The lowest BCUT2D eigenvalue weighted by Gasteiger charge is -2.26. The van der Waals surface area contributed by atoms with Crippen molar-refractivity contribution in [1.29, 1.82) is 0 Å². The van der Waals surface area contributed by atoms with Gasteiger partial charge in [-0.3, -0.25) is 0 Å². The normalized spacial score (nSPS) is 14.8. The van der Waals surface area contributed by atoms with Crippen LogP contribution in [0.4, 0.5) is 0 Å². The minimum atomic E-state index is -1.44. The number of halogens is 1. The summed E-state index contributed by atoms with van der Waals surface area (Å²) in [6.07, 6.45) is 0. The van der Waals surface area contributed by atoms with Gasteiger partial charge in [-0.05, 0) is 58.8 Å². The van der Waals surface area contributed by atoms with E-state index in [1.54, 1.807) is 6.07 Å². The van der Waals surface area contributed by atoms with Crippen LogP contribution in [-0.2, 0) is 5.41 Å². The highest BCUT2D eigenvalue weighted by Crippen LogP contribution is 2.51. The molecule has 3 rings (SSSR count). The summed E-state index contributed by atoms with van der Waals surface area (Å²) in [7, 11) is -1.44. The van der Waals surface area contributed by atoms with Crippen LogP contribution in [0.15, 0.2) is 24.3 Å². The highest BCUT2D eigenvalue weighted by molar-refractivity contribution is 6.59. The van der Waals surface area contributed by atoms with Crippen LogP contribution in [0.3, 0.4) is 0 Å². The monoisotopic (exact) mass is 300 g/mol. The topological polar surface area (TPSA) is 40.5 Å². The SMILES string of the molecule is Cc1c(Cl)ccc2c1C(C)(C)c1c-2ccc(B(O)O)c1C. The lowest BCUT2D eigenvalue weighted by Crippen LogP contribution is -2.34. The quantitative estimate of drug-likeness (QED) is 0.795. The molecule has 0 radical (unpaired) electrons. The average molecular weight is 301 g/mol. The Labute approximate surface area is 130 Å². The summed E-state index contributed by atoms with van der Waals surface area (Å²) in [5.41, 5.74) is 7.16. The third kappa shape index (κ3) is 1.88. The van der Waals surface area contributed by atoms with E-state index < -0.39 is 7.12 Å². The van der Waals surface area contributed by atoms with Gasteiger partial charge >= 0.3 is 7.12 Å². The molecule has 0 bridgehead atoms. The zero-order chi connectivity index (χ0) is 15.5. The van der Waals surface area contributed by atoms with Crippen LogP contribution in [0.2, 0.25) is 5.02 Å². The number of rotatable bonds is 1. The van der Waals surface area contributed by atoms with Crippen LogP contribution < -0.4 is 5.46 Å². The Morgan fingerprint density at radius 2 is 1.43 bits per heavy atom. The molecule has 2 aromatic rings. The van der Waals surface area contributed by atoms with Crippen molar-refractivity contribution in [2.75, 3.05) is 0 Å². The van der Waals surface area contributed by atoms with Gasteiger partial charge in [0, 0.05) is 10.4 Å². The molecule has 4 heteroatoms. The highest BCUT2D eigenvalue weighted by atomic mass is 35.5. The fraction of sp³-hybridized carbons (Fsp3) is 0.294. The molecule has 1 aliphatic carbocycles. The largest absolute Gasteiger partial charge is 0.488 e. The summed E-state index contributed by atoms with van der Waals surface area (Å²) >= 11 is 6.30. The molecule has 0 saturated heterocycles. The zero-order valence-electron chi connectivity index (χ0n) is 12.7. The first-order valence-corrected chi connectivity index (χ1v) is 7.44. The lowest BCUT2D eigenvalue weighted by atomic mass is 9.71. The van der Waals surface area contributed by atoms with Gasteiger partial charge in [0.15, 0.2) is 0 Å². The van der Waals surface area contributed by atoms with Crippen molar-refractivity contribution < 1.29 is 10.0 Å². The van der Waals surface area contributed by atoms with Crippen molar-refractivity contribution >= 4 is 24.2 Å². The molecule has 0 aromatic heterocycles. The summed E-state index contributed by atoms with van der Waals surface area (Å²) in [5, 5.41) is 19.9. The smallest absolute Gasteiger partial charge is 0.423 e. The summed E-state index contributed by atoms with van der Waals surface area (Å²) in [6.45, 7) is 8.34. The number of fused-ring (bicyclic) bond motifs is 3. The minimum Gasteiger partial charge on any atom is -0.423 e. The molecule has 0 amide bonds. The Morgan fingerprint density at radius 3 is 2.00 bits per heavy atom. The van der Waals surface area contributed by atoms with Gasteiger partial charge in [0.25, 0.3) is 0 Å². The van der Waals surface area contributed by atoms with Crippen LogP contribution >= 0.6 is 11.6 Å². The Kier molecular flexibility index (Phi) is 3.21. The second kappa shape index (κ2) is 4.60. The predicted molar refractivity (Wildman–Crippen MR) is 88.3 cm³/mol. The minimum absolute atomic E-state index is 0.200. The van der Waals surface area contributed by atoms with E-state index in [2.05, 4.69) is 19.9 Å². The van der Waals surface area contributed by atoms with E-state index in [-0.39, 0.29) is 5.41 Å². The van der Waals surface area contributed by atoms with Crippen molar-refractivity contribution in [2.24, 2.45) is 0 Å². The van der Waals surface area contributed by atoms with Crippen LogP contribution in [0.1, 0.15) is 36.1 Å². The van der Waals surface area contributed by atoms with E-state index >= 15 is 0 Å². The van der Waals surface area contributed by atoms with Crippen molar-refractivity contribution in [3.05, 3.63) is 51.5 Å². The first kappa shape index (κ1) is 14.6. The molecule has 21 heavy (non-hydrogen) atoms. The van der Waals surface area contributed by atoms with E-state index in [4.69, 9.17) is 11.6 Å². The van der Waals surface area contributed by atoms with Gasteiger partial charge in [-0.1, -0.05) is 43.6 Å². The molecule has 0 aliphatic heterocycles. The van der Waals surface area contributed by atoms with Gasteiger partial charge < -0.3 is 10.0 Å². The predicted octanol–water partition coefficient (Wildman–Crippen LogP) is 2.94. The highest BCUT2D eigenvalue weighted by Gasteiger charge is 2.39. The average Bonchev–Trinajstić information content (AvgIpc) is 2.63. The molecule has 0 unspecified atom stereocenters. The second-order valence-corrected chi connectivity index (χ2v) is 6.70. The summed E-state index contributed by atoms with van der Waals surface area (Å²) in [4.78, 5) is 0. The van der Waals surface area contributed by atoms with Crippen LogP contribution in [-0.4, -0.2) is 17.2 Å². The first-order valence-electron chi connectivity index (χ1n) is 7.07. The second-order valence-electron chi connectivity index (χ2n) is 6.30. The van der Waals surface area contributed by atoms with E-state index in [0.717, 1.165) is 27.3 Å². The van der Waals surface area contributed by atoms with E-state index in [9.17, 15) is 10.0 Å². The Balaban J connectivity index is 2.39. The molecular weight excluding hydrogens is 282 g/mol. The molecule has 0 saturated carbocycles. The maximum absolute atomic E-state index is 9.56. The maximum Gasteiger partial charge on any atom is 0.488 e. The Morgan fingerprint density at radius 1 is 0.905 bits per heavy atom. The standard InChI is InChI=1S/C17H18BClO2/c1-9-13(18(20)21)7-5-11-12-6-8-14(19)10(2)16(12)17(3,4)15(9)11/h5-8,20-21H,1-4H3. The summed E-state index contributed by atoms with van der Waals surface area (Å²) < 4.78 is 0. The molecule has 1 aliphatic rings. The van der Waals surface area contributed by atoms with Crippen molar-refractivity contribution in [3.63, 3.8) is 0 Å². The zero-order valence-corrected chi connectivity index (χ0v) is 13.4. The van der Waals surface area contributed by atoms with E-state index in [1.165, 1.54) is 11.1 Å². The molecule has 0 fully saturated rings. The number of hydrogen-bond donors (Lipinski definition) is 2. The lowest BCUT2D eigenvalue weighted by molar-refractivity contribution is 0.425. The van der Waals surface area contributed by atoms with Gasteiger partial charge in [-0.25, -0.2) is 0 Å². The summed E-state index contributed by atoms with van der Waals surface area (Å²) in [5.74, 6) is 0. The van der Waals surface area contributed by atoms with Gasteiger partial charge in [0.2, 0.25) is 0 Å². The van der Waals surface area contributed by atoms with E-state index in [1.807, 2.05) is 26.0 Å². The molecule has 0 atom stereocenters. The van der Waals surface area contributed by atoms with Gasteiger partial charge in [-0.2, -0.15) is 0 Å². The van der Waals surface area contributed by atoms with Crippen LogP contribution in [0, 0.1) is 13.8 Å². The van der Waals surface area contributed by atoms with E-state index in [0.29, 0.717) is 5.46 Å². The Hall–Kier alpha value is -1.29. The van der Waals surface area contributed by atoms with Crippen molar-refractivity contribution in [3.8, 4) is 11.1 Å².